The first-order valence-corrected chi connectivity index (χ1v) is 11.3. The van der Waals surface area contributed by atoms with Gasteiger partial charge < -0.3 is 23.8 Å². The van der Waals surface area contributed by atoms with E-state index in [2.05, 4.69) is 0 Å². The molecule has 1 aromatic carbocycles. The smallest absolute Gasteiger partial charge is 0.444 e. The van der Waals surface area contributed by atoms with E-state index >= 15 is 0 Å². The molecule has 2 fully saturated rings. The lowest BCUT2D eigenvalue weighted by molar-refractivity contribution is 0.00578. The van der Waals surface area contributed by atoms with Crippen LogP contribution in [0.4, 0.5) is 4.79 Å². The third kappa shape index (κ3) is 4.96. The maximum Gasteiger partial charge on any atom is 0.495 e. The van der Waals surface area contributed by atoms with Crippen molar-refractivity contribution in [1.82, 2.24) is 9.80 Å². The fraction of sp³-hybridized carbons (Fsp3) is 0.667. The molecule has 0 aliphatic carbocycles. The summed E-state index contributed by atoms with van der Waals surface area (Å²) in [6, 6.07) is 5.59. The fourth-order valence-electron chi connectivity index (χ4n) is 3.91. The van der Waals surface area contributed by atoms with Crippen molar-refractivity contribution in [2.24, 2.45) is 0 Å². The topological polar surface area (TPSA) is 68.3 Å². The van der Waals surface area contributed by atoms with Gasteiger partial charge in [0.1, 0.15) is 5.60 Å². The molecule has 2 heterocycles. The molecule has 0 radical (unpaired) electrons. The number of carbonyl (C=O) groups excluding carboxylic acids is 2. The van der Waals surface area contributed by atoms with Gasteiger partial charge in [0.25, 0.3) is 5.91 Å². The molecule has 8 heteroatoms. The summed E-state index contributed by atoms with van der Waals surface area (Å²) >= 11 is 0. The second kappa shape index (κ2) is 8.38. The highest BCUT2D eigenvalue weighted by Gasteiger charge is 2.52. The molecule has 1 atom stereocenters. The van der Waals surface area contributed by atoms with Gasteiger partial charge in [-0.15, -0.1) is 0 Å². The molecular weight excluding hydrogens is 407 g/mol. The van der Waals surface area contributed by atoms with Gasteiger partial charge in [0.2, 0.25) is 0 Å². The minimum atomic E-state index is -0.550. The molecule has 2 saturated heterocycles. The zero-order valence-corrected chi connectivity index (χ0v) is 20.9. The van der Waals surface area contributed by atoms with E-state index in [9.17, 15) is 9.59 Å². The first kappa shape index (κ1) is 24.6. The van der Waals surface area contributed by atoms with Crippen molar-refractivity contribution >= 4 is 24.6 Å². The minimum Gasteiger partial charge on any atom is -0.444 e. The van der Waals surface area contributed by atoms with Gasteiger partial charge in [0, 0.05) is 25.7 Å². The molecule has 2 aliphatic heterocycles. The van der Waals surface area contributed by atoms with Crippen LogP contribution in [0.25, 0.3) is 0 Å². The number of ether oxygens (including phenoxy) is 1. The molecule has 1 aromatic rings. The predicted octanol–water partition coefficient (Wildman–Crippen LogP) is 3.38. The number of benzene rings is 1. The van der Waals surface area contributed by atoms with Crippen molar-refractivity contribution in [3.05, 3.63) is 29.3 Å². The Morgan fingerprint density at radius 3 is 2.31 bits per heavy atom. The maximum atomic E-state index is 13.3. The van der Waals surface area contributed by atoms with Crippen LogP contribution in [0.2, 0.25) is 0 Å². The Bertz CT molecular complexity index is 877. The first-order valence-electron chi connectivity index (χ1n) is 11.3. The van der Waals surface area contributed by atoms with Crippen molar-refractivity contribution in [2.45, 2.75) is 84.7 Å². The third-order valence-corrected chi connectivity index (χ3v) is 6.71. The average Bonchev–Trinajstić information content (AvgIpc) is 3.22. The van der Waals surface area contributed by atoms with Crippen molar-refractivity contribution in [3.8, 4) is 0 Å². The van der Waals surface area contributed by atoms with E-state index in [0.717, 1.165) is 17.4 Å². The number of hydrogen-bond acceptors (Lipinski definition) is 5. The predicted molar refractivity (Wildman–Crippen MR) is 125 cm³/mol. The van der Waals surface area contributed by atoms with Gasteiger partial charge in [0.15, 0.2) is 0 Å². The summed E-state index contributed by atoms with van der Waals surface area (Å²) in [4.78, 5) is 29.1. The van der Waals surface area contributed by atoms with Gasteiger partial charge in [-0.2, -0.15) is 0 Å². The van der Waals surface area contributed by atoms with Gasteiger partial charge >= 0.3 is 13.2 Å². The van der Waals surface area contributed by atoms with E-state index < -0.39 is 23.9 Å². The third-order valence-electron chi connectivity index (χ3n) is 6.71. The Morgan fingerprint density at radius 1 is 1.16 bits per heavy atom. The Balaban J connectivity index is 1.71. The normalized spacial score (nSPS) is 22.2. The Labute approximate surface area is 192 Å². The van der Waals surface area contributed by atoms with E-state index in [1.807, 2.05) is 73.6 Å². The average molecular weight is 444 g/mol. The number of likely N-dealkylation sites (tertiary alicyclic amines) is 1. The van der Waals surface area contributed by atoms with Gasteiger partial charge in [0.05, 0.1) is 17.2 Å². The molecule has 176 valence electrons. The van der Waals surface area contributed by atoms with Crippen LogP contribution in [0.5, 0.6) is 0 Å². The van der Waals surface area contributed by atoms with Gasteiger partial charge in [-0.3, -0.25) is 4.79 Å². The van der Waals surface area contributed by atoms with Crippen LogP contribution in [0.3, 0.4) is 0 Å². The monoisotopic (exact) mass is 444 g/mol. The maximum absolute atomic E-state index is 13.3. The molecule has 0 bridgehead atoms. The molecule has 2 aliphatic rings. The molecule has 0 aromatic heterocycles. The Morgan fingerprint density at radius 2 is 1.75 bits per heavy atom. The highest BCUT2D eigenvalue weighted by molar-refractivity contribution is 6.62. The molecule has 32 heavy (non-hydrogen) atoms. The molecule has 0 saturated carbocycles. The number of hydrogen-bond donors (Lipinski definition) is 0. The van der Waals surface area contributed by atoms with E-state index in [-0.39, 0.29) is 18.0 Å². The van der Waals surface area contributed by atoms with Crippen molar-refractivity contribution < 1.29 is 23.6 Å². The molecule has 7 nitrogen and oxygen atoms in total. The van der Waals surface area contributed by atoms with Crippen molar-refractivity contribution in [3.63, 3.8) is 0 Å². The lowest BCUT2D eigenvalue weighted by Gasteiger charge is -2.32. The lowest BCUT2D eigenvalue weighted by Crippen LogP contribution is -2.43. The summed E-state index contributed by atoms with van der Waals surface area (Å²) in [5, 5.41) is 0. The molecule has 3 rings (SSSR count). The van der Waals surface area contributed by atoms with E-state index in [1.54, 1.807) is 16.8 Å². The zero-order valence-electron chi connectivity index (χ0n) is 20.9. The highest BCUT2D eigenvalue weighted by Crippen LogP contribution is 2.36. The number of aryl methyl sites for hydroxylation is 1. The van der Waals surface area contributed by atoms with Crippen LogP contribution in [0.1, 0.15) is 70.8 Å². The number of nitrogens with zero attached hydrogens (tertiary/aromatic N) is 2. The number of carbonyl (C=O) groups is 2. The summed E-state index contributed by atoms with van der Waals surface area (Å²) in [6.07, 6.45) is 0.354. The van der Waals surface area contributed by atoms with Crippen LogP contribution in [0, 0.1) is 6.92 Å². The lowest BCUT2D eigenvalue weighted by atomic mass is 9.75. The zero-order chi connectivity index (χ0) is 24.1. The molecule has 0 spiro atoms. The van der Waals surface area contributed by atoms with E-state index in [1.165, 1.54) is 0 Å². The largest absolute Gasteiger partial charge is 0.495 e. The SMILES string of the molecule is Cc1ccc(C(=O)N2CCC(N(C)C(=O)OC(C)(C)C)C2)cc1B1OC(C)(C)C(C)(C)O1. The molecule has 0 N–H and O–H groups in total. The van der Waals surface area contributed by atoms with Gasteiger partial charge in [-0.1, -0.05) is 11.6 Å². The van der Waals surface area contributed by atoms with Gasteiger partial charge in [-0.25, -0.2) is 4.79 Å². The molecular formula is C24H37BN2O5. The first-order chi connectivity index (χ1) is 14.6. The van der Waals surface area contributed by atoms with Crippen LogP contribution in [-0.4, -0.2) is 71.9 Å². The number of amides is 2. The summed E-state index contributed by atoms with van der Waals surface area (Å²) in [5.41, 5.74) is 1.04. The van der Waals surface area contributed by atoms with E-state index in [0.29, 0.717) is 18.7 Å². The Hall–Kier alpha value is -2.06. The summed E-state index contributed by atoms with van der Waals surface area (Å²) in [7, 11) is 1.21. The summed E-state index contributed by atoms with van der Waals surface area (Å²) in [5.74, 6) is -0.0529. The summed E-state index contributed by atoms with van der Waals surface area (Å²) in [6.45, 7) is 16.7. The minimum absolute atomic E-state index is 0.0529. The fourth-order valence-corrected chi connectivity index (χ4v) is 3.91. The van der Waals surface area contributed by atoms with Crippen molar-refractivity contribution in [2.75, 3.05) is 20.1 Å². The number of rotatable bonds is 3. The van der Waals surface area contributed by atoms with Crippen LogP contribution < -0.4 is 5.46 Å². The Kier molecular flexibility index (Phi) is 6.44. The standard InChI is InChI=1S/C24H37BN2O5/c1-16-10-11-17(14-19(16)25-31-23(5,6)24(7,8)32-25)20(28)27-13-12-18(15-27)26(9)21(29)30-22(2,3)4/h10-11,14,18H,12-13,15H2,1-9H3. The molecule has 1 unspecified atom stereocenters. The van der Waals surface area contributed by atoms with Crippen LogP contribution in [-0.2, 0) is 14.0 Å². The second-order valence-corrected chi connectivity index (χ2v) is 10.9. The molecule has 2 amide bonds. The van der Waals surface area contributed by atoms with Crippen LogP contribution in [0.15, 0.2) is 18.2 Å². The van der Waals surface area contributed by atoms with E-state index in [4.69, 9.17) is 14.0 Å². The summed E-state index contributed by atoms with van der Waals surface area (Å²) < 4.78 is 17.9. The quantitative estimate of drug-likeness (QED) is 0.669. The second-order valence-electron chi connectivity index (χ2n) is 10.9. The van der Waals surface area contributed by atoms with Gasteiger partial charge in [-0.05, 0) is 79.4 Å². The highest BCUT2D eigenvalue weighted by atomic mass is 16.7. The van der Waals surface area contributed by atoms with Crippen molar-refractivity contribution in [1.29, 1.82) is 0 Å². The number of likely N-dealkylation sites (N-methyl/N-ethyl adjacent to an activating group) is 1. The van der Waals surface area contributed by atoms with Crippen LogP contribution >= 0.6 is 0 Å².